The number of benzene rings is 2. The van der Waals surface area contributed by atoms with E-state index in [-0.39, 0.29) is 10.8 Å². The summed E-state index contributed by atoms with van der Waals surface area (Å²) in [4.78, 5) is 6.04. The average molecular weight is 461 g/mol. The molecule has 1 N–H and O–H groups in total. The van der Waals surface area contributed by atoms with Crippen molar-refractivity contribution >= 4 is 12.1 Å². The normalized spacial score (nSPS) is 21.0. The molecule has 4 heteroatoms. The fourth-order valence-corrected chi connectivity index (χ4v) is 6.05. The second-order valence-corrected chi connectivity index (χ2v) is 10.5. The monoisotopic (exact) mass is 460 g/mol. The standard InChI is InChI=1S/C30H40N2O2/c33-32-28(30(21-13-3-4-14-22-30)24-27-17-9-6-10-18-27)34-31-25-29(19-11-1-2-12-20-29)23-26-15-7-5-8-16-26/h5-10,15-18,25,33H,1-4,11-14,19-24H2. The first kappa shape index (κ1) is 24.5. The molecule has 0 bridgehead atoms. The van der Waals surface area contributed by atoms with E-state index in [1.165, 1.54) is 49.7 Å². The second kappa shape index (κ2) is 12.2. The van der Waals surface area contributed by atoms with Gasteiger partial charge in [0, 0.05) is 5.41 Å². The van der Waals surface area contributed by atoms with Crippen LogP contribution in [-0.4, -0.2) is 17.3 Å². The Hall–Kier alpha value is -2.62. The Balaban J connectivity index is 1.55. The highest BCUT2D eigenvalue weighted by molar-refractivity contribution is 5.83. The Bertz CT molecular complexity index is 907. The van der Waals surface area contributed by atoms with E-state index in [0.29, 0.717) is 5.90 Å². The highest BCUT2D eigenvalue weighted by Gasteiger charge is 2.40. The van der Waals surface area contributed by atoms with Crippen molar-refractivity contribution in [3.63, 3.8) is 0 Å². The lowest BCUT2D eigenvalue weighted by Crippen LogP contribution is -2.35. The van der Waals surface area contributed by atoms with Crippen molar-refractivity contribution in [3.05, 3.63) is 71.8 Å². The maximum absolute atomic E-state index is 10.1. The molecule has 0 aromatic heterocycles. The lowest BCUT2D eigenvalue weighted by Gasteiger charge is -2.32. The van der Waals surface area contributed by atoms with Crippen molar-refractivity contribution in [2.24, 2.45) is 21.1 Å². The molecule has 2 aromatic carbocycles. The van der Waals surface area contributed by atoms with E-state index in [0.717, 1.165) is 51.4 Å². The van der Waals surface area contributed by atoms with Crippen LogP contribution >= 0.6 is 0 Å². The molecule has 0 heterocycles. The molecule has 0 spiro atoms. The van der Waals surface area contributed by atoms with Crippen LogP contribution in [0.2, 0.25) is 0 Å². The van der Waals surface area contributed by atoms with Crippen LogP contribution in [0.15, 0.2) is 71.0 Å². The minimum atomic E-state index is -0.306. The second-order valence-electron chi connectivity index (χ2n) is 10.5. The lowest BCUT2D eigenvalue weighted by atomic mass is 9.75. The molecule has 182 valence electrons. The van der Waals surface area contributed by atoms with Crippen LogP contribution in [0, 0.1) is 10.8 Å². The van der Waals surface area contributed by atoms with Gasteiger partial charge in [0.25, 0.3) is 5.90 Å². The minimum Gasteiger partial charge on any atom is -0.408 e. The summed E-state index contributed by atoms with van der Waals surface area (Å²) in [6, 6.07) is 21.2. The summed E-state index contributed by atoms with van der Waals surface area (Å²) in [6.45, 7) is 0. The molecular weight excluding hydrogens is 420 g/mol. The smallest absolute Gasteiger partial charge is 0.266 e. The third kappa shape index (κ3) is 6.49. The molecular formula is C30H40N2O2. The van der Waals surface area contributed by atoms with Crippen molar-refractivity contribution in [1.82, 2.24) is 0 Å². The molecule has 34 heavy (non-hydrogen) atoms. The van der Waals surface area contributed by atoms with Crippen LogP contribution in [0.3, 0.4) is 0 Å². The summed E-state index contributed by atoms with van der Waals surface area (Å²) in [5.41, 5.74) is 2.28. The Morgan fingerprint density at radius 1 is 0.706 bits per heavy atom. The van der Waals surface area contributed by atoms with Crippen LogP contribution in [-0.2, 0) is 17.7 Å². The zero-order valence-corrected chi connectivity index (χ0v) is 20.5. The van der Waals surface area contributed by atoms with Gasteiger partial charge < -0.3 is 10.0 Å². The molecule has 2 saturated carbocycles. The van der Waals surface area contributed by atoms with Crippen LogP contribution < -0.4 is 0 Å². The zero-order chi connectivity index (χ0) is 23.5. The van der Waals surface area contributed by atoms with Gasteiger partial charge in [-0.2, -0.15) is 0 Å². The van der Waals surface area contributed by atoms with Gasteiger partial charge in [0.15, 0.2) is 0 Å². The van der Waals surface area contributed by atoms with Gasteiger partial charge in [0.1, 0.15) is 0 Å². The van der Waals surface area contributed by atoms with Gasteiger partial charge in [-0.05, 0) is 49.7 Å². The SMILES string of the molecule is ON=C(ON=CC1(Cc2ccccc2)CCCCCC1)C1(Cc2ccccc2)CCCCCC1. The first-order chi connectivity index (χ1) is 16.7. The fourth-order valence-electron chi connectivity index (χ4n) is 6.05. The van der Waals surface area contributed by atoms with E-state index < -0.39 is 0 Å². The molecule has 4 nitrogen and oxygen atoms in total. The van der Waals surface area contributed by atoms with Crippen molar-refractivity contribution in [3.8, 4) is 0 Å². The van der Waals surface area contributed by atoms with E-state index in [4.69, 9.17) is 4.84 Å². The number of rotatable bonds is 7. The third-order valence-electron chi connectivity index (χ3n) is 7.95. The summed E-state index contributed by atoms with van der Waals surface area (Å²) in [5.74, 6) is 0.387. The van der Waals surface area contributed by atoms with Gasteiger partial charge >= 0.3 is 0 Å². The van der Waals surface area contributed by atoms with Crippen LogP contribution in [0.25, 0.3) is 0 Å². The lowest BCUT2D eigenvalue weighted by molar-refractivity contribution is 0.194. The van der Waals surface area contributed by atoms with Crippen molar-refractivity contribution in [2.75, 3.05) is 0 Å². The number of nitrogens with zero attached hydrogens (tertiary/aromatic N) is 2. The van der Waals surface area contributed by atoms with E-state index in [2.05, 4.69) is 64.9 Å². The third-order valence-corrected chi connectivity index (χ3v) is 7.95. The summed E-state index contributed by atoms with van der Waals surface area (Å²) in [7, 11) is 0. The maximum Gasteiger partial charge on any atom is 0.266 e. The topological polar surface area (TPSA) is 54.2 Å². The Kier molecular flexibility index (Phi) is 8.79. The minimum absolute atomic E-state index is 0.00549. The van der Waals surface area contributed by atoms with Gasteiger partial charge in [-0.1, -0.05) is 122 Å². The van der Waals surface area contributed by atoms with Crippen LogP contribution in [0.5, 0.6) is 0 Å². The zero-order valence-electron chi connectivity index (χ0n) is 20.5. The number of hydrogen-bond donors (Lipinski definition) is 1. The molecule has 2 aliphatic rings. The van der Waals surface area contributed by atoms with Gasteiger partial charge in [-0.25, -0.2) is 0 Å². The van der Waals surface area contributed by atoms with Gasteiger partial charge in [-0.3, -0.25) is 0 Å². The van der Waals surface area contributed by atoms with Gasteiger partial charge in [0.2, 0.25) is 0 Å². The van der Waals surface area contributed by atoms with Gasteiger partial charge in [-0.15, -0.1) is 0 Å². The quantitative estimate of drug-likeness (QED) is 0.150. The fraction of sp³-hybridized carbons (Fsp3) is 0.533. The van der Waals surface area contributed by atoms with Crippen LogP contribution in [0.4, 0.5) is 0 Å². The Labute approximate surface area is 205 Å². The summed E-state index contributed by atoms with van der Waals surface area (Å²) in [5, 5.41) is 18.3. The van der Waals surface area contributed by atoms with Gasteiger partial charge in [0.05, 0.1) is 11.6 Å². The predicted octanol–water partition coefficient (Wildman–Crippen LogP) is 7.94. The predicted molar refractivity (Wildman–Crippen MR) is 139 cm³/mol. The Morgan fingerprint density at radius 3 is 1.74 bits per heavy atom. The molecule has 0 atom stereocenters. The molecule has 0 aliphatic heterocycles. The first-order valence-electron chi connectivity index (χ1n) is 13.3. The largest absolute Gasteiger partial charge is 0.408 e. The van der Waals surface area contributed by atoms with Crippen molar-refractivity contribution < 1.29 is 10.0 Å². The first-order valence-corrected chi connectivity index (χ1v) is 13.3. The van der Waals surface area contributed by atoms with Crippen LogP contribution in [0.1, 0.15) is 88.2 Å². The van der Waals surface area contributed by atoms with E-state index >= 15 is 0 Å². The Morgan fingerprint density at radius 2 is 1.21 bits per heavy atom. The van der Waals surface area contributed by atoms with E-state index in [1.54, 1.807) is 0 Å². The average Bonchev–Trinajstić information content (AvgIpc) is 3.25. The highest BCUT2D eigenvalue weighted by atomic mass is 16.7. The maximum atomic E-state index is 10.1. The molecule has 0 saturated heterocycles. The number of hydrogen-bond acceptors (Lipinski definition) is 4. The molecule has 2 fully saturated rings. The summed E-state index contributed by atoms with van der Waals surface area (Å²) < 4.78 is 0. The van der Waals surface area contributed by atoms with E-state index in [9.17, 15) is 5.21 Å². The number of oxime groups is 2. The molecule has 0 amide bonds. The molecule has 2 aromatic rings. The molecule has 2 aliphatic carbocycles. The molecule has 0 radical (unpaired) electrons. The summed E-state index contributed by atoms with van der Waals surface area (Å²) >= 11 is 0. The van der Waals surface area contributed by atoms with Crippen molar-refractivity contribution in [2.45, 2.75) is 89.9 Å². The highest BCUT2D eigenvalue weighted by Crippen LogP contribution is 2.41. The summed E-state index contributed by atoms with van der Waals surface area (Å²) in [6.07, 6.45) is 17.7. The van der Waals surface area contributed by atoms with Crippen molar-refractivity contribution in [1.29, 1.82) is 0 Å². The molecule has 4 rings (SSSR count). The van der Waals surface area contributed by atoms with E-state index in [1.807, 2.05) is 12.3 Å². The molecule has 0 unspecified atom stereocenters.